The average Bonchev–Trinajstić information content (AvgIpc) is 3.22. The minimum atomic E-state index is -0.0434. The Hall–Kier alpha value is -1.28. The largest absolute Gasteiger partial charge is 0.393 e. The molecule has 0 radical (unpaired) electrons. The van der Waals surface area contributed by atoms with Gasteiger partial charge < -0.3 is 10.1 Å². The Morgan fingerprint density at radius 3 is 2.58 bits per heavy atom. The van der Waals surface area contributed by atoms with Gasteiger partial charge in [0.15, 0.2) is 0 Å². The summed E-state index contributed by atoms with van der Waals surface area (Å²) >= 11 is 0. The van der Waals surface area contributed by atoms with Crippen molar-refractivity contribution in [2.24, 2.45) is 29.1 Å². The van der Waals surface area contributed by atoms with Crippen LogP contribution in [0.4, 0.5) is 0 Å². The maximum atomic E-state index is 10.3. The Kier molecular flexibility index (Phi) is 4.20. The molecule has 3 saturated carbocycles. The van der Waals surface area contributed by atoms with E-state index in [0.29, 0.717) is 10.8 Å². The van der Waals surface area contributed by atoms with Crippen LogP contribution in [0.15, 0.2) is 18.2 Å². The molecule has 1 aromatic heterocycles. The minimum absolute atomic E-state index is 0.0434. The topological polar surface area (TPSA) is 36.0 Å². The summed E-state index contributed by atoms with van der Waals surface area (Å²) < 4.78 is 0. The number of hydrogen-bond donors (Lipinski definition) is 2. The highest BCUT2D eigenvalue weighted by atomic mass is 16.3. The SMILES string of the molecule is CC(C)(C)c1ccc2[nH]c3c(c2c1)C[C@H]1[C@H]2CCC4C[C@H](O)CC[C@]4(C)[C@H]2CC[C@]31C. The molecule has 1 unspecified atom stereocenters. The van der Waals surface area contributed by atoms with E-state index in [1.165, 1.54) is 55.0 Å². The van der Waals surface area contributed by atoms with Gasteiger partial charge in [0.25, 0.3) is 0 Å². The number of benzene rings is 1. The van der Waals surface area contributed by atoms with Gasteiger partial charge in [-0.15, -0.1) is 0 Å². The molecule has 2 nitrogen and oxygen atoms in total. The van der Waals surface area contributed by atoms with Crippen LogP contribution in [0.3, 0.4) is 0 Å². The molecule has 0 amide bonds. The van der Waals surface area contributed by atoms with E-state index >= 15 is 0 Å². The molecular formula is C29H41NO. The highest BCUT2D eigenvalue weighted by Gasteiger charge is 2.59. The summed E-state index contributed by atoms with van der Waals surface area (Å²) in [6.07, 6.45) is 9.98. The standard InChI is InChI=1S/C29H41NO/c1-27(2,3)17-7-9-25-21(15-17)22-16-24-20-8-6-18-14-19(31)10-12-28(18,4)23(20)11-13-29(24,5)26(22)30-25/h7,9,15,18-20,23-24,30-31H,6,8,10-14,16H2,1-5H3/t18?,19-,20+,23+,24+,28+,29+/m1/s1. The lowest BCUT2D eigenvalue weighted by molar-refractivity contribution is -0.111. The number of aromatic amines is 1. The quantitative estimate of drug-likeness (QED) is 0.479. The van der Waals surface area contributed by atoms with Crippen LogP contribution in [0.25, 0.3) is 10.9 Å². The third-order valence-electron chi connectivity index (χ3n) is 10.8. The zero-order valence-corrected chi connectivity index (χ0v) is 20.2. The molecule has 0 saturated heterocycles. The third-order valence-corrected chi connectivity index (χ3v) is 10.8. The predicted octanol–water partition coefficient (Wildman–Crippen LogP) is 6.88. The van der Waals surface area contributed by atoms with Gasteiger partial charge in [-0.2, -0.15) is 0 Å². The highest BCUT2D eigenvalue weighted by Crippen LogP contribution is 2.65. The molecule has 3 fully saturated rings. The summed E-state index contributed by atoms with van der Waals surface area (Å²) in [5.74, 6) is 3.25. The molecule has 2 N–H and O–H groups in total. The molecular weight excluding hydrogens is 378 g/mol. The molecule has 0 spiro atoms. The van der Waals surface area contributed by atoms with Gasteiger partial charge in [0.05, 0.1) is 6.10 Å². The fourth-order valence-corrected chi connectivity index (χ4v) is 8.88. The molecule has 2 heteroatoms. The number of aliphatic hydroxyl groups is 1. The fourth-order valence-electron chi connectivity index (χ4n) is 8.88. The van der Waals surface area contributed by atoms with Crippen molar-refractivity contribution < 1.29 is 5.11 Å². The second-order valence-electron chi connectivity index (χ2n) is 13.2. The maximum absolute atomic E-state index is 10.3. The molecule has 4 aliphatic rings. The van der Waals surface area contributed by atoms with E-state index in [2.05, 4.69) is 57.8 Å². The van der Waals surface area contributed by atoms with Gasteiger partial charge in [0.1, 0.15) is 0 Å². The smallest absolute Gasteiger partial charge is 0.0543 e. The van der Waals surface area contributed by atoms with Crippen LogP contribution in [0.2, 0.25) is 0 Å². The van der Waals surface area contributed by atoms with Gasteiger partial charge in [-0.3, -0.25) is 0 Å². The molecule has 168 valence electrons. The Morgan fingerprint density at radius 2 is 1.81 bits per heavy atom. The first kappa shape index (κ1) is 20.3. The first-order chi connectivity index (χ1) is 14.6. The average molecular weight is 420 g/mol. The highest BCUT2D eigenvalue weighted by molar-refractivity contribution is 5.87. The molecule has 31 heavy (non-hydrogen) atoms. The third kappa shape index (κ3) is 2.73. The van der Waals surface area contributed by atoms with E-state index in [0.717, 1.165) is 36.5 Å². The van der Waals surface area contributed by atoms with Crippen LogP contribution in [-0.2, 0) is 17.3 Å². The summed E-state index contributed by atoms with van der Waals surface area (Å²) in [7, 11) is 0. The van der Waals surface area contributed by atoms with Gasteiger partial charge in [-0.1, -0.05) is 40.7 Å². The van der Waals surface area contributed by atoms with Crippen molar-refractivity contribution in [3.05, 3.63) is 35.0 Å². The minimum Gasteiger partial charge on any atom is -0.393 e. The van der Waals surface area contributed by atoms with Gasteiger partial charge in [0, 0.05) is 22.0 Å². The molecule has 6 rings (SSSR count). The zero-order chi connectivity index (χ0) is 21.8. The summed E-state index contributed by atoms with van der Waals surface area (Å²) in [4.78, 5) is 3.93. The number of aromatic nitrogens is 1. The van der Waals surface area contributed by atoms with Crippen LogP contribution in [0.1, 0.15) is 96.4 Å². The summed E-state index contributed by atoms with van der Waals surface area (Å²) in [6.45, 7) is 12.2. The van der Waals surface area contributed by atoms with Crippen molar-refractivity contribution in [1.82, 2.24) is 4.98 Å². The van der Waals surface area contributed by atoms with Crippen LogP contribution < -0.4 is 0 Å². The second kappa shape index (κ2) is 6.40. The van der Waals surface area contributed by atoms with Crippen molar-refractivity contribution in [3.8, 4) is 0 Å². The van der Waals surface area contributed by atoms with E-state index in [9.17, 15) is 5.11 Å². The van der Waals surface area contributed by atoms with Crippen molar-refractivity contribution in [1.29, 1.82) is 0 Å². The Bertz CT molecular complexity index is 1030. The second-order valence-corrected chi connectivity index (χ2v) is 13.2. The van der Waals surface area contributed by atoms with Crippen LogP contribution in [-0.4, -0.2) is 16.2 Å². The van der Waals surface area contributed by atoms with E-state index in [-0.39, 0.29) is 11.5 Å². The van der Waals surface area contributed by atoms with Crippen LogP contribution >= 0.6 is 0 Å². The molecule has 1 heterocycles. The Balaban J connectivity index is 1.38. The van der Waals surface area contributed by atoms with Gasteiger partial charge in [-0.25, -0.2) is 0 Å². The van der Waals surface area contributed by atoms with E-state index in [4.69, 9.17) is 0 Å². The molecule has 2 aromatic rings. The monoisotopic (exact) mass is 419 g/mol. The first-order valence-corrected chi connectivity index (χ1v) is 12.9. The van der Waals surface area contributed by atoms with Gasteiger partial charge >= 0.3 is 0 Å². The first-order valence-electron chi connectivity index (χ1n) is 12.9. The number of rotatable bonds is 0. The Labute approximate surface area is 188 Å². The lowest BCUT2D eigenvalue weighted by Crippen LogP contribution is -2.54. The number of nitrogens with one attached hydrogen (secondary N) is 1. The van der Waals surface area contributed by atoms with Crippen molar-refractivity contribution in [2.75, 3.05) is 0 Å². The van der Waals surface area contributed by atoms with Crippen molar-refractivity contribution in [3.63, 3.8) is 0 Å². The maximum Gasteiger partial charge on any atom is 0.0543 e. The summed E-state index contributed by atoms with van der Waals surface area (Å²) in [5, 5.41) is 11.8. The van der Waals surface area contributed by atoms with E-state index in [1.54, 1.807) is 11.3 Å². The summed E-state index contributed by atoms with van der Waals surface area (Å²) in [6, 6.07) is 7.14. The molecule has 0 bridgehead atoms. The lowest BCUT2D eigenvalue weighted by atomic mass is 9.45. The molecule has 1 aromatic carbocycles. The Morgan fingerprint density at radius 1 is 1.00 bits per heavy atom. The summed E-state index contributed by atoms with van der Waals surface area (Å²) in [5.41, 5.74) is 6.97. The van der Waals surface area contributed by atoms with Crippen molar-refractivity contribution >= 4 is 10.9 Å². The zero-order valence-electron chi connectivity index (χ0n) is 20.2. The normalized spacial score (nSPS) is 42.1. The van der Waals surface area contributed by atoms with E-state index < -0.39 is 0 Å². The predicted molar refractivity (Wildman–Crippen MR) is 128 cm³/mol. The fraction of sp³-hybridized carbons (Fsp3) is 0.724. The van der Waals surface area contributed by atoms with Crippen LogP contribution in [0, 0.1) is 29.1 Å². The molecule has 4 aliphatic carbocycles. The van der Waals surface area contributed by atoms with E-state index in [1.807, 2.05) is 0 Å². The molecule has 7 atom stereocenters. The van der Waals surface area contributed by atoms with Crippen molar-refractivity contribution in [2.45, 2.75) is 103 Å². The lowest BCUT2D eigenvalue weighted by Gasteiger charge is -2.60. The number of aliphatic hydroxyl groups excluding tert-OH is 1. The molecule has 0 aliphatic heterocycles. The number of fused-ring (bicyclic) bond motifs is 9. The van der Waals surface area contributed by atoms with Gasteiger partial charge in [-0.05, 0) is 109 Å². The van der Waals surface area contributed by atoms with Crippen LogP contribution in [0.5, 0.6) is 0 Å². The van der Waals surface area contributed by atoms with Gasteiger partial charge in [0.2, 0.25) is 0 Å². The number of H-pyrrole nitrogens is 1. The number of hydrogen-bond acceptors (Lipinski definition) is 1.